The number of carboxylic acids is 2. The van der Waals surface area contributed by atoms with Gasteiger partial charge in [-0.1, -0.05) is 13.8 Å². The van der Waals surface area contributed by atoms with Gasteiger partial charge in [-0.05, 0) is 42.7 Å². The third kappa shape index (κ3) is 6.97. The van der Waals surface area contributed by atoms with Crippen LogP contribution in [0, 0.1) is 24.6 Å². The highest BCUT2D eigenvalue weighted by atomic mass is 19.1. The Kier molecular flexibility index (Phi) is 10.6. The Morgan fingerprint density at radius 2 is 1.43 bits per heavy atom. The molecule has 2 aromatic carbocycles. The summed E-state index contributed by atoms with van der Waals surface area (Å²) in [6, 6.07) is 3.00. The summed E-state index contributed by atoms with van der Waals surface area (Å²) in [7, 11) is 2.93. The SMILES string of the molecule is COc1cc2c(cc1OCCCOc1c(F)c3c(c(C)c1OC)CN(C(=O)C[C@H](C)C(=O)O)C3C)CN(C(=O)C[C@H](C)C(=O)O)C2. The third-order valence-electron chi connectivity index (χ3n) is 8.66. The molecule has 1 unspecified atom stereocenters. The highest BCUT2D eigenvalue weighted by Gasteiger charge is 2.38. The van der Waals surface area contributed by atoms with Gasteiger partial charge >= 0.3 is 11.9 Å². The summed E-state index contributed by atoms with van der Waals surface area (Å²) < 4.78 is 38.8. The molecule has 250 valence electrons. The van der Waals surface area contributed by atoms with Crippen molar-refractivity contribution in [3.63, 3.8) is 0 Å². The van der Waals surface area contributed by atoms with Crippen molar-refractivity contribution >= 4 is 23.8 Å². The van der Waals surface area contributed by atoms with Crippen LogP contribution in [0.25, 0.3) is 0 Å². The fraction of sp³-hybridized carbons (Fsp3) is 0.515. The van der Waals surface area contributed by atoms with Crippen LogP contribution in [0.15, 0.2) is 12.1 Å². The molecule has 12 nitrogen and oxygen atoms in total. The number of carboxylic acid groups (broad SMARTS) is 2. The molecule has 0 saturated heterocycles. The van der Waals surface area contributed by atoms with Crippen molar-refractivity contribution in [2.75, 3.05) is 27.4 Å². The molecule has 0 radical (unpaired) electrons. The van der Waals surface area contributed by atoms with Crippen molar-refractivity contribution < 1.29 is 52.7 Å². The van der Waals surface area contributed by atoms with Crippen LogP contribution in [0.2, 0.25) is 0 Å². The molecule has 46 heavy (non-hydrogen) atoms. The van der Waals surface area contributed by atoms with Gasteiger partial charge in [-0.25, -0.2) is 4.39 Å². The number of hydrogen-bond acceptors (Lipinski definition) is 8. The lowest BCUT2D eigenvalue weighted by Crippen LogP contribution is -2.31. The standard InChI is InChI=1S/C33H41FN2O10/c1-17(32(39)40)10-26(37)35-14-21-12-24(43-5)25(13-22(21)15-35)45-8-7-9-46-31-29(34)28-20(4)36(27(38)11-18(2)33(41)42)16-23(28)19(3)30(31)44-6/h12-13,17-18,20H,7-11,14-16H2,1-6H3,(H,39,40)(H,41,42)/t17-,18-,20?/m0/s1. The molecule has 0 fully saturated rings. The van der Waals surface area contributed by atoms with E-state index in [1.165, 1.54) is 33.0 Å². The number of rotatable bonds is 14. The molecule has 2 heterocycles. The first kappa shape index (κ1) is 34.3. The maximum Gasteiger partial charge on any atom is 0.306 e. The molecule has 0 spiro atoms. The first-order chi connectivity index (χ1) is 21.8. The van der Waals surface area contributed by atoms with Gasteiger partial charge < -0.3 is 39.0 Å². The average molecular weight is 645 g/mol. The Labute approximate surface area is 267 Å². The largest absolute Gasteiger partial charge is 0.493 e. The summed E-state index contributed by atoms with van der Waals surface area (Å²) in [4.78, 5) is 51.0. The molecule has 2 amide bonds. The van der Waals surface area contributed by atoms with Crippen molar-refractivity contribution in [1.29, 1.82) is 0 Å². The summed E-state index contributed by atoms with van der Waals surface area (Å²) in [6.45, 7) is 7.58. The number of carbonyl (C=O) groups is 4. The Morgan fingerprint density at radius 1 is 0.870 bits per heavy atom. The van der Waals surface area contributed by atoms with E-state index >= 15 is 4.39 Å². The Balaban J connectivity index is 1.39. The average Bonchev–Trinajstić information content (AvgIpc) is 3.59. The van der Waals surface area contributed by atoms with Crippen LogP contribution in [0.5, 0.6) is 23.0 Å². The van der Waals surface area contributed by atoms with Crippen LogP contribution in [0.4, 0.5) is 4.39 Å². The molecule has 0 aromatic heterocycles. The van der Waals surface area contributed by atoms with Gasteiger partial charge in [0.15, 0.2) is 28.8 Å². The van der Waals surface area contributed by atoms with E-state index in [0.29, 0.717) is 47.7 Å². The first-order valence-electron chi connectivity index (χ1n) is 15.2. The van der Waals surface area contributed by atoms with Crippen molar-refractivity contribution in [2.24, 2.45) is 11.8 Å². The van der Waals surface area contributed by atoms with E-state index in [-0.39, 0.29) is 55.9 Å². The third-order valence-corrected chi connectivity index (χ3v) is 8.66. The zero-order valence-electron chi connectivity index (χ0n) is 27.0. The molecular formula is C33H41FN2O10. The van der Waals surface area contributed by atoms with E-state index in [0.717, 1.165) is 11.1 Å². The van der Waals surface area contributed by atoms with Gasteiger partial charge in [0, 0.05) is 50.0 Å². The second-order valence-electron chi connectivity index (χ2n) is 11.9. The molecule has 2 aliphatic heterocycles. The maximum absolute atomic E-state index is 15.9. The topological polar surface area (TPSA) is 152 Å². The number of nitrogens with zero attached hydrogens (tertiary/aromatic N) is 2. The van der Waals surface area contributed by atoms with Gasteiger partial charge in [-0.3, -0.25) is 19.2 Å². The first-order valence-corrected chi connectivity index (χ1v) is 15.2. The number of amides is 2. The Bertz CT molecular complexity index is 1530. The van der Waals surface area contributed by atoms with Crippen LogP contribution in [0.3, 0.4) is 0 Å². The van der Waals surface area contributed by atoms with Gasteiger partial charge in [-0.15, -0.1) is 0 Å². The summed E-state index contributed by atoms with van der Waals surface area (Å²) in [5, 5.41) is 18.3. The minimum atomic E-state index is -1.07. The zero-order chi connectivity index (χ0) is 33.9. The predicted molar refractivity (Wildman–Crippen MR) is 162 cm³/mol. The minimum Gasteiger partial charge on any atom is -0.493 e. The van der Waals surface area contributed by atoms with Crippen molar-refractivity contribution in [3.8, 4) is 23.0 Å². The lowest BCUT2D eigenvalue weighted by Gasteiger charge is -2.23. The number of ether oxygens (including phenoxy) is 4. The molecule has 2 N–H and O–H groups in total. The van der Waals surface area contributed by atoms with Gasteiger partial charge in [-0.2, -0.15) is 0 Å². The zero-order valence-corrected chi connectivity index (χ0v) is 27.0. The minimum absolute atomic E-state index is 0.0594. The van der Waals surface area contributed by atoms with Crippen LogP contribution in [-0.4, -0.2) is 71.2 Å². The molecule has 4 rings (SSSR count). The van der Waals surface area contributed by atoms with Gasteiger partial charge in [0.05, 0.1) is 45.3 Å². The van der Waals surface area contributed by atoms with Crippen LogP contribution < -0.4 is 18.9 Å². The van der Waals surface area contributed by atoms with E-state index in [9.17, 15) is 24.3 Å². The summed E-state index contributed by atoms with van der Waals surface area (Å²) in [5.41, 5.74) is 3.36. The van der Waals surface area contributed by atoms with Gasteiger partial charge in [0.25, 0.3) is 0 Å². The number of carbonyl (C=O) groups excluding carboxylic acids is 2. The number of fused-ring (bicyclic) bond motifs is 2. The second kappa shape index (κ2) is 14.3. The summed E-state index contributed by atoms with van der Waals surface area (Å²) in [6.07, 6.45) is 0.108. The highest BCUT2D eigenvalue weighted by Crippen LogP contribution is 2.47. The monoisotopic (exact) mass is 644 g/mol. The smallest absolute Gasteiger partial charge is 0.306 e. The molecule has 2 aliphatic rings. The van der Waals surface area contributed by atoms with Crippen molar-refractivity contribution in [1.82, 2.24) is 9.80 Å². The molecule has 0 bridgehead atoms. The summed E-state index contributed by atoms with van der Waals surface area (Å²) >= 11 is 0. The lowest BCUT2D eigenvalue weighted by molar-refractivity contribution is -0.146. The molecule has 0 aliphatic carbocycles. The molecule has 2 aromatic rings. The van der Waals surface area contributed by atoms with E-state index in [2.05, 4.69) is 0 Å². The van der Waals surface area contributed by atoms with E-state index < -0.39 is 35.6 Å². The van der Waals surface area contributed by atoms with Crippen molar-refractivity contribution in [2.45, 2.75) is 72.6 Å². The Morgan fingerprint density at radius 3 is 2.00 bits per heavy atom. The number of methoxy groups -OCH3 is 2. The van der Waals surface area contributed by atoms with Crippen molar-refractivity contribution in [3.05, 3.63) is 45.8 Å². The Hall–Kier alpha value is -4.55. The van der Waals surface area contributed by atoms with E-state index in [1.807, 2.05) is 0 Å². The normalized spacial score (nSPS) is 16.4. The van der Waals surface area contributed by atoms with E-state index in [4.69, 9.17) is 24.1 Å². The molecule has 13 heteroatoms. The molecular weight excluding hydrogens is 603 g/mol. The number of halogens is 1. The van der Waals surface area contributed by atoms with Gasteiger partial charge in [0.1, 0.15) is 0 Å². The second-order valence-corrected chi connectivity index (χ2v) is 11.9. The fourth-order valence-electron chi connectivity index (χ4n) is 5.86. The van der Waals surface area contributed by atoms with E-state index in [1.54, 1.807) is 30.9 Å². The number of hydrogen-bond donors (Lipinski definition) is 2. The number of aliphatic carboxylic acids is 2. The van der Waals surface area contributed by atoms with Crippen LogP contribution >= 0.6 is 0 Å². The quantitative estimate of drug-likeness (QED) is 0.282. The highest BCUT2D eigenvalue weighted by molar-refractivity contribution is 5.84. The molecule has 0 saturated carbocycles. The number of benzene rings is 2. The lowest BCUT2D eigenvalue weighted by atomic mass is 9.98. The maximum atomic E-state index is 15.9. The van der Waals surface area contributed by atoms with Gasteiger partial charge in [0.2, 0.25) is 11.8 Å². The molecule has 3 atom stereocenters. The van der Waals surface area contributed by atoms with Crippen LogP contribution in [-0.2, 0) is 38.8 Å². The van der Waals surface area contributed by atoms with Crippen LogP contribution in [0.1, 0.15) is 73.9 Å². The summed E-state index contributed by atoms with van der Waals surface area (Å²) in [5.74, 6) is -3.82. The fourth-order valence-corrected chi connectivity index (χ4v) is 5.86. The predicted octanol–water partition coefficient (Wildman–Crippen LogP) is 4.47.